The zero-order chi connectivity index (χ0) is 23.6. The van der Waals surface area contributed by atoms with Crippen LogP contribution in [0.15, 0.2) is 47.7 Å². The zero-order valence-electron chi connectivity index (χ0n) is 18.2. The van der Waals surface area contributed by atoms with Crippen LogP contribution in [0, 0.1) is 0 Å². The first-order valence-corrected chi connectivity index (χ1v) is 11.2. The first-order valence-electron chi connectivity index (χ1n) is 10.8. The maximum Gasteiger partial charge on any atom is 0.342 e. The van der Waals surface area contributed by atoms with Gasteiger partial charge in [-0.3, -0.25) is 4.79 Å². The molecule has 1 aromatic rings. The van der Waals surface area contributed by atoms with Crippen LogP contribution in [-0.2, 0) is 20.8 Å². The Morgan fingerprint density at radius 2 is 1.85 bits per heavy atom. The Bertz CT molecular complexity index is 999. The second kappa shape index (κ2) is 12.1. The number of amides is 1. The van der Waals surface area contributed by atoms with Gasteiger partial charge in [0.2, 0.25) is 0 Å². The largest absolute Gasteiger partial charge is 0.507 e. The summed E-state index contributed by atoms with van der Waals surface area (Å²) in [5, 5.41) is 24.4. The molecule has 0 atom stereocenters. The first-order chi connectivity index (χ1) is 16.0. The molecule has 8 nitrogen and oxygen atoms in total. The van der Waals surface area contributed by atoms with Crippen molar-refractivity contribution in [3.63, 3.8) is 0 Å². The summed E-state index contributed by atoms with van der Waals surface area (Å²) in [6, 6.07) is 1.00. The SMILES string of the molecule is O=C1OCC/C=C/CC/C=C/C(=N\OCC(=O)N2CC=CCC2)Cc2c(Cl)c(O)cc(O)c21. The molecule has 0 bridgehead atoms. The normalized spacial score (nSPS) is 20.5. The van der Waals surface area contributed by atoms with Gasteiger partial charge in [-0.1, -0.05) is 47.1 Å². The summed E-state index contributed by atoms with van der Waals surface area (Å²) in [5.41, 5.74) is 0.380. The summed E-state index contributed by atoms with van der Waals surface area (Å²) in [6.45, 7) is 1.07. The molecule has 2 aliphatic heterocycles. The van der Waals surface area contributed by atoms with Crippen molar-refractivity contribution in [3.05, 3.63) is 58.7 Å². The number of fused-ring (bicyclic) bond motifs is 1. The summed E-state index contributed by atoms with van der Waals surface area (Å²) in [5.74, 6) is -1.76. The molecular weight excluding hydrogens is 448 g/mol. The van der Waals surface area contributed by atoms with Gasteiger partial charge in [0.25, 0.3) is 5.91 Å². The molecule has 3 rings (SSSR count). The maximum absolute atomic E-state index is 12.7. The van der Waals surface area contributed by atoms with E-state index in [9.17, 15) is 19.8 Å². The van der Waals surface area contributed by atoms with Crippen LogP contribution in [0.4, 0.5) is 0 Å². The van der Waals surface area contributed by atoms with Gasteiger partial charge in [-0.25, -0.2) is 4.79 Å². The molecule has 2 N–H and O–H groups in total. The van der Waals surface area contributed by atoms with Crippen molar-refractivity contribution in [1.29, 1.82) is 0 Å². The summed E-state index contributed by atoms with van der Waals surface area (Å²) in [7, 11) is 0. The van der Waals surface area contributed by atoms with Gasteiger partial charge in [-0.2, -0.15) is 0 Å². The number of phenols is 2. The number of cyclic esters (lactones) is 1. The number of benzene rings is 1. The fourth-order valence-corrected chi connectivity index (χ4v) is 3.67. The van der Waals surface area contributed by atoms with Crippen LogP contribution in [0.2, 0.25) is 5.02 Å². The molecule has 0 saturated heterocycles. The minimum absolute atomic E-state index is 0.0296. The van der Waals surface area contributed by atoms with Crippen LogP contribution in [0.1, 0.15) is 41.6 Å². The highest BCUT2D eigenvalue weighted by molar-refractivity contribution is 6.33. The number of carbonyl (C=O) groups excluding carboxylic acids is 2. The number of hydrogen-bond donors (Lipinski definition) is 2. The predicted octanol–water partition coefficient (Wildman–Crippen LogP) is 3.91. The van der Waals surface area contributed by atoms with Crippen molar-refractivity contribution in [2.45, 2.75) is 32.1 Å². The Kier molecular flexibility index (Phi) is 8.95. The summed E-state index contributed by atoms with van der Waals surface area (Å²) in [4.78, 5) is 32.0. The third-order valence-corrected chi connectivity index (χ3v) is 5.58. The molecule has 1 amide bonds. The number of rotatable bonds is 3. The number of nitrogens with zero attached hydrogens (tertiary/aromatic N) is 2. The smallest absolute Gasteiger partial charge is 0.342 e. The highest BCUT2D eigenvalue weighted by Crippen LogP contribution is 2.37. The van der Waals surface area contributed by atoms with E-state index in [4.69, 9.17) is 21.2 Å². The lowest BCUT2D eigenvalue weighted by atomic mass is 9.99. The third-order valence-electron chi connectivity index (χ3n) is 5.16. The molecule has 9 heteroatoms. The Morgan fingerprint density at radius 1 is 1.09 bits per heavy atom. The van der Waals surface area contributed by atoms with Crippen molar-refractivity contribution in [1.82, 2.24) is 4.90 Å². The molecule has 1 aromatic carbocycles. The lowest BCUT2D eigenvalue weighted by molar-refractivity contribution is -0.135. The molecule has 2 aliphatic rings. The van der Waals surface area contributed by atoms with E-state index in [1.165, 1.54) is 0 Å². The van der Waals surface area contributed by atoms with Crippen molar-refractivity contribution < 1.29 is 29.4 Å². The lowest BCUT2D eigenvalue weighted by Gasteiger charge is -2.22. The van der Waals surface area contributed by atoms with E-state index in [0.29, 0.717) is 25.2 Å². The van der Waals surface area contributed by atoms with Crippen LogP contribution in [0.3, 0.4) is 0 Å². The van der Waals surface area contributed by atoms with E-state index < -0.39 is 11.7 Å². The van der Waals surface area contributed by atoms with Crippen LogP contribution in [0.25, 0.3) is 0 Å². The van der Waals surface area contributed by atoms with E-state index in [2.05, 4.69) is 5.16 Å². The lowest BCUT2D eigenvalue weighted by Crippen LogP contribution is -2.36. The number of phenolic OH excluding ortho intramolecular Hbond substituents is 2. The average molecular weight is 475 g/mol. The van der Waals surface area contributed by atoms with E-state index >= 15 is 0 Å². The highest BCUT2D eigenvalue weighted by atomic mass is 35.5. The van der Waals surface area contributed by atoms with Gasteiger partial charge in [0.15, 0.2) is 6.61 Å². The summed E-state index contributed by atoms with van der Waals surface area (Å²) in [6.07, 6.45) is 14.3. The summed E-state index contributed by atoms with van der Waals surface area (Å²) >= 11 is 6.28. The first kappa shape index (κ1) is 24.4. The number of aromatic hydroxyl groups is 2. The van der Waals surface area contributed by atoms with Crippen molar-refractivity contribution in [3.8, 4) is 11.5 Å². The number of ether oxygens (including phenoxy) is 1. The number of carbonyl (C=O) groups is 2. The van der Waals surface area contributed by atoms with Crippen molar-refractivity contribution in [2.75, 3.05) is 26.3 Å². The van der Waals surface area contributed by atoms with Gasteiger partial charge in [0, 0.05) is 25.6 Å². The minimum atomic E-state index is -0.757. The standard InChI is InChI=1S/C24H27ClN2O6/c25-23-18-14-17(26-33-16-21(30)27-11-7-5-8-12-27)10-6-3-1-2-4-9-13-32-24(31)22(18)19(28)15-20(23)29/h2,4-7,10,15,28-29H,1,3,8-9,11-14,16H2/b4-2+,10-6+,26-17+. The van der Waals surface area contributed by atoms with E-state index in [-0.39, 0.29) is 47.4 Å². The molecule has 0 aliphatic carbocycles. The molecule has 176 valence electrons. The zero-order valence-corrected chi connectivity index (χ0v) is 19.0. The van der Waals surface area contributed by atoms with Gasteiger partial charge >= 0.3 is 5.97 Å². The fourth-order valence-electron chi connectivity index (χ4n) is 3.45. The summed E-state index contributed by atoms with van der Waals surface area (Å²) < 4.78 is 5.27. The van der Waals surface area contributed by atoms with Crippen molar-refractivity contribution in [2.24, 2.45) is 5.16 Å². The Balaban J connectivity index is 1.87. The fraction of sp³-hybridized carbons (Fsp3) is 0.375. The molecule has 0 aromatic heterocycles. The minimum Gasteiger partial charge on any atom is -0.507 e. The van der Waals surface area contributed by atoms with E-state index in [1.807, 2.05) is 30.4 Å². The number of hydrogen-bond acceptors (Lipinski definition) is 7. The molecule has 0 fully saturated rings. The Hall–Kier alpha value is -3.26. The monoisotopic (exact) mass is 474 g/mol. The number of esters is 1. The Labute approximate surface area is 197 Å². The molecule has 33 heavy (non-hydrogen) atoms. The number of halogens is 1. The van der Waals surface area contributed by atoms with Gasteiger partial charge < -0.3 is 24.7 Å². The van der Waals surface area contributed by atoms with Crippen LogP contribution < -0.4 is 0 Å². The van der Waals surface area contributed by atoms with Gasteiger partial charge in [0.05, 0.1) is 17.3 Å². The van der Waals surface area contributed by atoms with Gasteiger partial charge in [-0.15, -0.1) is 0 Å². The van der Waals surface area contributed by atoms with E-state index in [1.54, 1.807) is 11.0 Å². The molecule has 2 heterocycles. The topological polar surface area (TPSA) is 109 Å². The average Bonchev–Trinajstić information content (AvgIpc) is 2.80. The van der Waals surface area contributed by atoms with Crippen LogP contribution in [-0.4, -0.2) is 59.0 Å². The molecule has 0 saturated carbocycles. The molecule has 0 spiro atoms. The van der Waals surface area contributed by atoms with E-state index in [0.717, 1.165) is 25.3 Å². The number of allylic oxidation sites excluding steroid dienone is 3. The molecular formula is C24H27ClN2O6. The number of oxime groups is 1. The van der Waals surface area contributed by atoms with Gasteiger partial charge in [0.1, 0.15) is 17.1 Å². The second-order valence-electron chi connectivity index (χ2n) is 7.59. The maximum atomic E-state index is 12.7. The predicted molar refractivity (Wildman–Crippen MR) is 125 cm³/mol. The quantitative estimate of drug-likeness (QED) is 0.390. The third kappa shape index (κ3) is 6.86. The Morgan fingerprint density at radius 3 is 2.64 bits per heavy atom. The van der Waals surface area contributed by atoms with Crippen LogP contribution in [0.5, 0.6) is 11.5 Å². The second-order valence-corrected chi connectivity index (χ2v) is 7.97. The molecule has 0 radical (unpaired) electrons. The molecule has 0 unspecified atom stereocenters. The van der Waals surface area contributed by atoms with Crippen molar-refractivity contribution >= 4 is 29.2 Å². The highest BCUT2D eigenvalue weighted by Gasteiger charge is 2.24. The van der Waals surface area contributed by atoms with Gasteiger partial charge in [-0.05, 0) is 37.3 Å². The van der Waals surface area contributed by atoms with Crippen LogP contribution >= 0.6 is 11.6 Å².